The summed E-state index contributed by atoms with van der Waals surface area (Å²) >= 11 is 6.25. The van der Waals surface area contributed by atoms with Gasteiger partial charge in [0.25, 0.3) is 0 Å². The Hall–Kier alpha value is -1.65. The summed E-state index contributed by atoms with van der Waals surface area (Å²) in [5.74, 6) is 0.0740. The molecule has 2 atom stereocenters. The summed E-state index contributed by atoms with van der Waals surface area (Å²) in [4.78, 5) is 27.8. The highest BCUT2D eigenvalue weighted by atomic mass is 35.5. The van der Waals surface area contributed by atoms with Crippen LogP contribution in [0, 0.1) is 5.92 Å². The lowest BCUT2D eigenvalue weighted by atomic mass is 9.83. The van der Waals surface area contributed by atoms with Crippen molar-refractivity contribution >= 4 is 23.2 Å². The Morgan fingerprint density at radius 2 is 1.72 bits per heavy atom. The van der Waals surface area contributed by atoms with E-state index in [9.17, 15) is 9.59 Å². The fraction of sp³-hybridized carbons (Fsp3) is 0.500. The van der Waals surface area contributed by atoms with E-state index < -0.39 is 0 Å². The van der Waals surface area contributed by atoms with Crippen molar-refractivity contribution in [3.05, 3.63) is 46.1 Å². The summed E-state index contributed by atoms with van der Waals surface area (Å²) < 4.78 is 0. The van der Waals surface area contributed by atoms with Gasteiger partial charge in [-0.25, -0.2) is 0 Å². The predicted octanol–water partition coefficient (Wildman–Crippen LogP) is 3.37. The van der Waals surface area contributed by atoms with Gasteiger partial charge in [0.1, 0.15) is 10.7 Å². The number of hydrogen-bond acceptors (Lipinski definition) is 4. The number of allylic oxidation sites excluding steroid dienone is 2. The van der Waals surface area contributed by atoms with Crippen molar-refractivity contribution in [3.8, 4) is 0 Å². The predicted molar refractivity (Wildman–Crippen MR) is 97.9 cm³/mol. The molecular formula is C20H23ClN2O2. The molecule has 0 amide bonds. The number of benzene rings is 1. The third-order valence-electron chi connectivity index (χ3n) is 5.83. The van der Waals surface area contributed by atoms with Crippen LogP contribution in [0.15, 0.2) is 35.0 Å². The average molecular weight is 359 g/mol. The van der Waals surface area contributed by atoms with E-state index in [0.29, 0.717) is 29.6 Å². The van der Waals surface area contributed by atoms with Gasteiger partial charge in [-0.1, -0.05) is 42.3 Å². The van der Waals surface area contributed by atoms with Crippen LogP contribution in [0.4, 0.5) is 0 Å². The Balaban J connectivity index is 1.51. The normalized spacial score (nSPS) is 27.1. The van der Waals surface area contributed by atoms with Gasteiger partial charge in [0.05, 0.1) is 0 Å². The standard InChI is InChI=1S/C20H23ClN2O2/c21-17-18(20(25)15-8-2-1-7-14(15)19(17)24)22-12-13-6-5-11-23-10-4-3-9-16(13)23/h1-2,7-8,13,16,22H,3-6,9-12H2/t13-,16-/m1/s1. The fourth-order valence-corrected chi connectivity index (χ4v) is 4.81. The molecule has 0 spiro atoms. The molecule has 2 saturated heterocycles. The van der Waals surface area contributed by atoms with Crippen molar-refractivity contribution in [2.24, 2.45) is 5.92 Å². The summed E-state index contributed by atoms with van der Waals surface area (Å²) in [6.45, 7) is 3.08. The van der Waals surface area contributed by atoms with Gasteiger partial charge in [-0.2, -0.15) is 0 Å². The number of ketones is 2. The van der Waals surface area contributed by atoms with Crippen LogP contribution in [-0.4, -0.2) is 42.1 Å². The van der Waals surface area contributed by atoms with E-state index in [1.807, 2.05) is 0 Å². The number of carbonyl (C=O) groups excluding carboxylic acids is 2. The number of rotatable bonds is 3. The highest BCUT2D eigenvalue weighted by Crippen LogP contribution is 2.32. The smallest absolute Gasteiger partial charge is 0.211 e. The quantitative estimate of drug-likeness (QED) is 0.900. The minimum atomic E-state index is -0.262. The summed E-state index contributed by atoms with van der Waals surface area (Å²) in [6.07, 6.45) is 6.17. The molecule has 0 radical (unpaired) electrons. The van der Waals surface area contributed by atoms with E-state index >= 15 is 0 Å². The molecule has 5 heteroatoms. The molecule has 0 bridgehead atoms. The monoisotopic (exact) mass is 358 g/mol. The van der Waals surface area contributed by atoms with E-state index in [-0.39, 0.29) is 22.3 Å². The highest BCUT2D eigenvalue weighted by Gasteiger charge is 2.35. The van der Waals surface area contributed by atoms with E-state index in [2.05, 4.69) is 10.2 Å². The van der Waals surface area contributed by atoms with Gasteiger partial charge >= 0.3 is 0 Å². The van der Waals surface area contributed by atoms with E-state index in [1.54, 1.807) is 24.3 Å². The van der Waals surface area contributed by atoms with Crippen molar-refractivity contribution in [2.45, 2.75) is 38.1 Å². The Bertz CT molecular complexity index is 741. The van der Waals surface area contributed by atoms with Crippen LogP contribution >= 0.6 is 11.6 Å². The molecule has 3 aliphatic rings. The molecule has 4 nitrogen and oxygen atoms in total. The SMILES string of the molecule is O=C1C(Cl)=C(NC[C@H]2CCCN3CCCC[C@H]23)C(=O)c2ccccc21. The maximum atomic E-state index is 12.8. The number of hydrogen-bond donors (Lipinski definition) is 1. The number of piperidine rings is 2. The minimum Gasteiger partial charge on any atom is -0.380 e. The second kappa shape index (κ2) is 6.93. The molecule has 0 unspecified atom stereocenters. The Labute approximate surface area is 153 Å². The van der Waals surface area contributed by atoms with Crippen LogP contribution in [-0.2, 0) is 0 Å². The molecule has 2 aliphatic heterocycles. The number of fused-ring (bicyclic) bond motifs is 2. The van der Waals surface area contributed by atoms with Crippen molar-refractivity contribution in [1.82, 2.24) is 10.2 Å². The molecule has 2 heterocycles. The molecular weight excluding hydrogens is 336 g/mol. The van der Waals surface area contributed by atoms with Crippen LogP contribution in [0.1, 0.15) is 52.8 Å². The zero-order valence-corrected chi connectivity index (χ0v) is 15.0. The lowest BCUT2D eigenvalue weighted by Crippen LogP contribution is -2.50. The van der Waals surface area contributed by atoms with Crippen molar-refractivity contribution in [3.63, 3.8) is 0 Å². The number of halogens is 1. The van der Waals surface area contributed by atoms with Crippen LogP contribution in [0.2, 0.25) is 0 Å². The summed E-state index contributed by atoms with van der Waals surface area (Å²) in [6, 6.07) is 7.49. The first-order chi connectivity index (χ1) is 12.2. The lowest BCUT2D eigenvalue weighted by Gasteiger charge is -2.44. The maximum absolute atomic E-state index is 12.8. The molecule has 25 heavy (non-hydrogen) atoms. The highest BCUT2D eigenvalue weighted by molar-refractivity contribution is 6.49. The van der Waals surface area contributed by atoms with Gasteiger partial charge in [0, 0.05) is 23.7 Å². The third kappa shape index (κ3) is 3.02. The van der Waals surface area contributed by atoms with Gasteiger partial charge in [-0.05, 0) is 44.7 Å². The van der Waals surface area contributed by atoms with Crippen molar-refractivity contribution < 1.29 is 9.59 Å². The average Bonchev–Trinajstić information content (AvgIpc) is 2.66. The second-order valence-corrected chi connectivity index (χ2v) is 7.65. The first-order valence-electron chi connectivity index (χ1n) is 9.23. The molecule has 1 aromatic rings. The zero-order valence-electron chi connectivity index (χ0n) is 14.3. The molecule has 132 valence electrons. The molecule has 4 rings (SSSR count). The van der Waals surface area contributed by atoms with Gasteiger partial charge < -0.3 is 10.2 Å². The van der Waals surface area contributed by atoms with Gasteiger partial charge in [-0.15, -0.1) is 0 Å². The largest absolute Gasteiger partial charge is 0.380 e. The maximum Gasteiger partial charge on any atom is 0.211 e. The first kappa shape index (κ1) is 16.8. The summed E-state index contributed by atoms with van der Waals surface area (Å²) in [5.41, 5.74) is 1.12. The number of nitrogens with one attached hydrogen (secondary N) is 1. The van der Waals surface area contributed by atoms with Gasteiger partial charge in [-0.3, -0.25) is 9.59 Å². The Kier molecular flexibility index (Phi) is 4.65. The lowest BCUT2D eigenvalue weighted by molar-refractivity contribution is 0.0602. The fourth-order valence-electron chi connectivity index (χ4n) is 4.55. The van der Waals surface area contributed by atoms with Crippen LogP contribution < -0.4 is 5.32 Å². The molecule has 1 N–H and O–H groups in total. The second-order valence-electron chi connectivity index (χ2n) is 7.28. The van der Waals surface area contributed by atoms with E-state index in [1.165, 1.54) is 38.8 Å². The molecule has 2 fully saturated rings. The first-order valence-corrected chi connectivity index (χ1v) is 9.60. The number of carbonyl (C=O) groups is 2. The topological polar surface area (TPSA) is 49.4 Å². The van der Waals surface area contributed by atoms with Crippen molar-refractivity contribution in [2.75, 3.05) is 19.6 Å². The minimum absolute atomic E-state index is 0.0278. The number of nitrogens with zero attached hydrogens (tertiary/aromatic N) is 1. The van der Waals surface area contributed by atoms with Gasteiger partial charge in [0.2, 0.25) is 11.6 Å². The Morgan fingerprint density at radius 3 is 2.52 bits per heavy atom. The summed E-state index contributed by atoms with van der Waals surface area (Å²) in [5, 5.41) is 3.27. The van der Waals surface area contributed by atoms with Crippen LogP contribution in [0.5, 0.6) is 0 Å². The zero-order chi connectivity index (χ0) is 17.4. The van der Waals surface area contributed by atoms with Crippen molar-refractivity contribution in [1.29, 1.82) is 0 Å². The van der Waals surface area contributed by atoms with Gasteiger partial charge in [0.15, 0.2) is 0 Å². The molecule has 1 aliphatic carbocycles. The van der Waals surface area contributed by atoms with Crippen LogP contribution in [0.3, 0.4) is 0 Å². The van der Waals surface area contributed by atoms with E-state index in [0.717, 1.165) is 6.42 Å². The molecule has 1 aromatic carbocycles. The third-order valence-corrected chi connectivity index (χ3v) is 6.19. The molecule has 0 aromatic heterocycles. The summed E-state index contributed by atoms with van der Waals surface area (Å²) in [7, 11) is 0. The van der Waals surface area contributed by atoms with Crippen LogP contribution in [0.25, 0.3) is 0 Å². The Morgan fingerprint density at radius 1 is 1.00 bits per heavy atom. The number of Topliss-reactive ketones (excluding diaryl/α,β-unsaturated/α-hetero) is 2. The van der Waals surface area contributed by atoms with E-state index in [4.69, 9.17) is 11.6 Å². The molecule has 0 saturated carbocycles.